The number of allylic oxidation sites excluding steroid dienone is 2. The highest BCUT2D eigenvalue weighted by molar-refractivity contribution is 6.30. The molecule has 1 aliphatic rings. The summed E-state index contributed by atoms with van der Waals surface area (Å²) in [7, 11) is 0. The highest BCUT2D eigenvalue weighted by atomic mass is 35.5. The van der Waals surface area contributed by atoms with E-state index < -0.39 is 11.7 Å². The fraction of sp³-hybridized carbons (Fsp3) is 0.444. The van der Waals surface area contributed by atoms with Gasteiger partial charge in [-0.15, -0.1) is 0 Å². The molecular weight excluding hydrogens is 303 g/mol. The topological polar surface area (TPSA) is 34.1 Å². The van der Waals surface area contributed by atoms with Crippen molar-refractivity contribution in [1.82, 2.24) is 0 Å². The highest BCUT2D eigenvalue weighted by Crippen LogP contribution is 2.35. The van der Waals surface area contributed by atoms with E-state index in [9.17, 15) is 14.0 Å². The van der Waals surface area contributed by atoms with Gasteiger partial charge in [-0.3, -0.25) is 9.59 Å². The summed E-state index contributed by atoms with van der Waals surface area (Å²) >= 11 is 5.78. The van der Waals surface area contributed by atoms with Crippen LogP contribution in [0.15, 0.2) is 29.8 Å². The highest BCUT2D eigenvalue weighted by Gasteiger charge is 2.33. The fourth-order valence-electron chi connectivity index (χ4n) is 2.59. The molecule has 0 aromatic heterocycles. The largest absolute Gasteiger partial charge is 0.294 e. The smallest absolute Gasteiger partial charge is 0.166 e. The predicted molar refractivity (Wildman–Crippen MR) is 85.6 cm³/mol. The van der Waals surface area contributed by atoms with Gasteiger partial charge in [-0.1, -0.05) is 50.6 Å². The molecule has 0 amide bonds. The lowest BCUT2D eigenvalue weighted by Gasteiger charge is -2.24. The molecule has 0 radical (unpaired) electrons. The van der Waals surface area contributed by atoms with E-state index in [1.165, 1.54) is 6.07 Å². The quantitative estimate of drug-likeness (QED) is 0.575. The van der Waals surface area contributed by atoms with Crippen molar-refractivity contribution < 1.29 is 14.0 Å². The summed E-state index contributed by atoms with van der Waals surface area (Å²) in [5.41, 5.74) is 0.640. The van der Waals surface area contributed by atoms with Crippen LogP contribution in [0.2, 0.25) is 5.02 Å². The van der Waals surface area contributed by atoms with E-state index >= 15 is 0 Å². The van der Waals surface area contributed by atoms with Crippen molar-refractivity contribution in [1.29, 1.82) is 0 Å². The lowest BCUT2D eigenvalue weighted by atomic mass is 9.78. The van der Waals surface area contributed by atoms with Crippen LogP contribution >= 0.6 is 11.6 Å². The van der Waals surface area contributed by atoms with Crippen LogP contribution in [-0.2, 0) is 9.59 Å². The zero-order valence-corrected chi connectivity index (χ0v) is 13.8. The van der Waals surface area contributed by atoms with Crippen LogP contribution in [0, 0.1) is 11.2 Å². The fourth-order valence-corrected chi connectivity index (χ4v) is 2.77. The minimum absolute atomic E-state index is 0.0173. The van der Waals surface area contributed by atoms with E-state index in [0.717, 1.165) is 0 Å². The maximum Gasteiger partial charge on any atom is 0.166 e. The van der Waals surface area contributed by atoms with E-state index in [0.29, 0.717) is 12.0 Å². The number of carbonyl (C=O) groups excluding carboxylic acids is 2. The van der Waals surface area contributed by atoms with E-state index in [-0.39, 0.29) is 40.4 Å². The molecule has 1 saturated carbocycles. The van der Waals surface area contributed by atoms with Crippen LogP contribution in [0.5, 0.6) is 0 Å². The van der Waals surface area contributed by atoms with Gasteiger partial charge in [-0.25, -0.2) is 4.39 Å². The summed E-state index contributed by atoms with van der Waals surface area (Å²) < 4.78 is 14.1. The third-order valence-electron chi connectivity index (χ3n) is 3.80. The van der Waals surface area contributed by atoms with Gasteiger partial charge in [0.1, 0.15) is 5.82 Å². The SMILES string of the molecule is CC(C)(C)CC=C1C(=O)CC(c2cccc(Cl)c2F)CC1=O. The van der Waals surface area contributed by atoms with Crippen LogP contribution in [0.4, 0.5) is 4.39 Å². The molecule has 2 rings (SSSR count). The Morgan fingerprint density at radius 2 is 1.82 bits per heavy atom. The van der Waals surface area contributed by atoms with E-state index in [2.05, 4.69) is 0 Å². The van der Waals surface area contributed by atoms with Gasteiger partial charge in [-0.2, -0.15) is 0 Å². The molecule has 2 nitrogen and oxygen atoms in total. The van der Waals surface area contributed by atoms with Crippen molar-refractivity contribution >= 4 is 23.2 Å². The molecule has 0 aliphatic heterocycles. The lowest BCUT2D eigenvalue weighted by molar-refractivity contribution is -0.124. The summed E-state index contributed by atoms with van der Waals surface area (Å²) in [6, 6.07) is 4.69. The molecule has 0 unspecified atom stereocenters. The molecule has 0 saturated heterocycles. The molecule has 1 aromatic carbocycles. The Morgan fingerprint density at radius 1 is 1.23 bits per heavy atom. The second kappa shape index (κ2) is 6.33. The molecule has 1 aliphatic carbocycles. The molecule has 0 heterocycles. The minimum Gasteiger partial charge on any atom is -0.294 e. The lowest BCUT2D eigenvalue weighted by Crippen LogP contribution is -2.25. The summed E-state index contributed by atoms with van der Waals surface area (Å²) in [6.07, 6.45) is 2.70. The van der Waals surface area contributed by atoms with Crippen LogP contribution in [0.25, 0.3) is 0 Å². The number of hydrogen-bond acceptors (Lipinski definition) is 2. The Morgan fingerprint density at radius 3 is 2.36 bits per heavy atom. The Bertz CT molecular complexity index is 621. The number of hydrogen-bond donors (Lipinski definition) is 0. The number of halogens is 2. The van der Waals surface area contributed by atoms with Crippen molar-refractivity contribution in [2.45, 2.75) is 46.0 Å². The van der Waals surface area contributed by atoms with Gasteiger partial charge in [-0.05, 0) is 23.5 Å². The van der Waals surface area contributed by atoms with Gasteiger partial charge in [0.25, 0.3) is 0 Å². The van der Waals surface area contributed by atoms with Crippen molar-refractivity contribution in [3.05, 3.63) is 46.3 Å². The normalized spacial score (nSPS) is 19.5. The number of rotatable bonds is 2. The number of carbonyl (C=O) groups is 2. The molecule has 1 fully saturated rings. The molecule has 4 heteroatoms. The van der Waals surface area contributed by atoms with Gasteiger partial charge < -0.3 is 0 Å². The Kier molecular flexibility index (Phi) is 4.86. The summed E-state index contributed by atoms with van der Waals surface area (Å²) in [5, 5.41) is 0.0199. The first-order chi connectivity index (χ1) is 10.2. The molecule has 0 bridgehead atoms. The van der Waals surface area contributed by atoms with E-state index in [1.54, 1.807) is 18.2 Å². The first-order valence-electron chi connectivity index (χ1n) is 7.39. The molecule has 0 spiro atoms. The van der Waals surface area contributed by atoms with Crippen LogP contribution < -0.4 is 0 Å². The molecule has 0 N–H and O–H groups in total. The Labute approximate surface area is 135 Å². The van der Waals surface area contributed by atoms with E-state index in [1.807, 2.05) is 20.8 Å². The Hall–Kier alpha value is -1.48. The minimum atomic E-state index is -0.531. The second-order valence-electron chi connectivity index (χ2n) is 6.98. The van der Waals surface area contributed by atoms with Crippen LogP contribution in [0.3, 0.4) is 0 Å². The third kappa shape index (κ3) is 3.83. The number of ketones is 2. The molecular formula is C18H20ClFO2. The maximum atomic E-state index is 14.1. The summed E-state index contributed by atoms with van der Waals surface area (Å²) in [4.78, 5) is 24.5. The van der Waals surface area contributed by atoms with Gasteiger partial charge >= 0.3 is 0 Å². The molecule has 1 aromatic rings. The van der Waals surface area contributed by atoms with Crippen molar-refractivity contribution in [3.63, 3.8) is 0 Å². The Balaban J connectivity index is 2.22. The van der Waals surface area contributed by atoms with Crippen molar-refractivity contribution in [2.24, 2.45) is 5.41 Å². The van der Waals surface area contributed by atoms with Gasteiger partial charge in [0.2, 0.25) is 0 Å². The molecule has 22 heavy (non-hydrogen) atoms. The summed E-state index contributed by atoms with van der Waals surface area (Å²) in [5.74, 6) is -1.36. The average Bonchev–Trinajstić information content (AvgIpc) is 2.39. The molecule has 118 valence electrons. The van der Waals surface area contributed by atoms with E-state index in [4.69, 9.17) is 11.6 Å². The standard InChI is InChI=1S/C18H20ClFO2/c1-18(2,3)8-7-13-15(21)9-11(10-16(13)22)12-5-4-6-14(19)17(12)20/h4-7,11H,8-10H2,1-3H3. The molecule has 0 atom stereocenters. The van der Waals surface area contributed by atoms with Crippen molar-refractivity contribution in [2.75, 3.05) is 0 Å². The van der Waals surface area contributed by atoms with Crippen LogP contribution in [0.1, 0.15) is 51.5 Å². The maximum absolute atomic E-state index is 14.1. The summed E-state index contributed by atoms with van der Waals surface area (Å²) in [6.45, 7) is 6.14. The number of benzene rings is 1. The first-order valence-corrected chi connectivity index (χ1v) is 7.77. The van der Waals surface area contributed by atoms with Gasteiger partial charge in [0.05, 0.1) is 10.6 Å². The monoisotopic (exact) mass is 322 g/mol. The second-order valence-corrected chi connectivity index (χ2v) is 7.38. The average molecular weight is 323 g/mol. The van der Waals surface area contributed by atoms with Gasteiger partial charge in [0, 0.05) is 18.8 Å². The van der Waals surface area contributed by atoms with Crippen LogP contribution in [-0.4, -0.2) is 11.6 Å². The number of Topliss-reactive ketones (excluding diaryl/α,β-unsaturated/α-hetero) is 2. The van der Waals surface area contributed by atoms with Gasteiger partial charge in [0.15, 0.2) is 11.6 Å². The zero-order valence-electron chi connectivity index (χ0n) is 13.1. The zero-order chi connectivity index (χ0) is 16.5. The third-order valence-corrected chi connectivity index (χ3v) is 4.10. The van der Waals surface area contributed by atoms with Crippen molar-refractivity contribution in [3.8, 4) is 0 Å². The predicted octanol–water partition coefficient (Wildman–Crippen LogP) is 4.86. The first kappa shape index (κ1) is 16.9.